The molecular formula is C8H21NO2Si. The van der Waals surface area contributed by atoms with Gasteiger partial charge >= 0.3 is 8.72 Å². The lowest BCUT2D eigenvalue weighted by molar-refractivity contribution is 0.173. The Bertz CT molecular complexity index is 94.2. The zero-order chi connectivity index (χ0) is 9.45. The average Bonchev–Trinajstić information content (AvgIpc) is 2.06. The zero-order valence-corrected chi connectivity index (χ0v) is 9.64. The first kappa shape index (κ1) is 12.1. The first-order chi connectivity index (χ1) is 5.74. The third-order valence-corrected chi connectivity index (χ3v) is 5.15. The molecule has 0 amide bonds. The van der Waals surface area contributed by atoms with E-state index in [2.05, 4.69) is 11.9 Å². The molecule has 0 spiro atoms. The summed E-state index contributed by atoms with van der Waals surface area (Å²) in [6.07, 6.45) is 1.10. The van der Waals surface area contributed by atoms with Crippen molar-refractivity contribution >= 4 is 8.72 Å². The summed E-state index contributed by atoms with van der Waals surface area (Å²) in [6.45, 7) is 7.62. The molecule has 0 aliphatic rings. The van der Waals surface area contributed by atoms with Crippen LogP contribution in [0.4, 0.5) is 0 Å². The highest BCUT2D eigenvalue weighted by Gasteiger charge is 2.34. The maximum atomic E-state index is 5.67. The van der Waals surface area contributed by atoms with E-state index in [4.69, 9.17) is 8.85 Å². The standard InChI is InChI=1S/C8H21NO2Si/c1-5-8-12(9-4,10-6-2)11-7-3/h9H,5-8H2,1-4H3. The second-order valence-electron chi connectivity index (χ2n) is 2.62. The van der Waals surface area contributed by atoms with E-state index in [0.29, 0.717) is 0 Å². The SMILES string of the molecule is CCC[Si](NC)(OCC)OCC. The van der Waals surface area contributed by atoms with Crippen molar-refractivity contribution in [1.82, 2.24) is 4.98 Å². The Kier molecular flexibility index (Phi) is 6.65. The molecule has 0 aromatic rings. The third-order valence-electron chi connectivity index (χ3n) is 1.72. The number of hydrogen-bond donors (Lipinski definition) is 1. The van der Waals surface area contributed by atoms with Crippen LogP contribution in [0.1, 0.15) is 27.2 Å². The fourth-order valence-electron chi connectivity index (χ4n) is 1.25. The van der Waals surface area contributed by atoms with Crippen LogP contribution in [-0.2, 0) is 8.85 Å². The summed E-state index contributed by atoms with van der Waals surface area (Å²) in [5, 5.41) is 0. The van der Waals surface area contributed by atoms with Gasteiger partial charge in [0.1, 0.15) is 0 Å². The molecule has 0 bridgehead atoms. The van der Waals surface area contributed by atoms with E-state index in [9.17, 15) is 0 Å². The van der Waals surface area contributed by atoms with Crippen LogP contribution in [0, 0.1) is 0 Å². The molecule has 74 valence electrons. The van der Waals surface area contributed by atoms with Gasteiger partial charge in [0.05, 0.1) is 0 Å². The van der Waals surface area contributed by atoms with Crippen molar-refractivity contribution in [3.05, 3.63) is 0 Å². The van der Waals surface area contributed by atoms with E-state index in [1.807, 2.05) is 20.9 Å². The summed E-state index contributed by atoms with van der Waals surface area (Å²) in [5.41, 5.74) is 0. The Morgan fingerprint density at radius 3 is 1.83 bits per heavy atom. The number of nitrogens with one attached hydrogen (secondary N) is 1. The fraction of sp³-hybridized carbons (Fsp3) is 1.00. The lowest BCUT2D eigenvalue weighted by atomic mass is 10.6. The van der Waals surface area contributed by atoms with Crippen molar-refractivity contribution in [1.29, 1.82) is 0 Å². The van der Waals surface area contributed by atoms with E-state index in [1.54, 1.807) is 0 Å². The summed E-state index contributed by atoms with van der Waals surface area (Å²) >= 11 is 0. The molecule has 0 aromatic carbocycles. The predicted octanol–water partition coefficient (Wildman–Crippen LogP) is 1.63. The van der Waals surface area contributed by atoms with Gasteiger partial charge in [-0.2, -0.15) is 0 Å². The minimum atomic E-state index is -2.02. The lowest BCUT2D eigenvalue weighted by Crippen LogP contribution is -2.54. The van der Waals surface area contributed by atoms with Crippen LogP contribution in [-0.4, -0.2) is 29.0 Å². The normalized spacial score (nSPS) is 12.0. The van der Waals surface area contributed by atoms with Gasteiger partial charge in [-0.1, -0.05) is 13.3 Å². The third kappa shape index (κ3) is 3.67. The molecule has 3 nitrogen and oxygen atoms in total. The van der Waals surface area contributed by atoms with Gasteiger partial charge < -0.3 is 8.85 Å². The molecule has 0 radical (unpaired) electrons. The molecule has 0 saturated carbocycles. The van der Waals surface area contributed by atoms with Crippen molar-refractivity contribution in [3.8, 4) is 0 Å². The van der Waals surface area contributed by atoms with Gasteiger partial charge in [0.2, 0.25) is 0 Å². The maximum Gasteiger partial charge on any atom is 0.424 e. The summed E-state index contributed by atoms with van der Waals surface area (Å²) < 4.78 is 11.3. The molecule has 0 unspecified atom stereocenters. The number of hydrogen-bond acceptors (Lipinski definition) is 3. The van der Waals surface area contributed by atoms with Gasteiger partial charge in [-0.15, -0.1) is 0 Å². The summed E-state index contributed by atoms with van der Waals surface area (Å²) in [5.74, 6) is 0. The van der Waals surface area contributed by atoms with Crippen LogP contribution in [0.15, 0.2) is 0 Å². The van der Waals surface area contributed by atoms with E-state index in [-0.39, 0.29) is 0 Å². The molecule has 0 fully saturated rings. The molecule has 4 heteroatoms. The van der Waals surface area contributed by atoms with E-state index in [1.165, 1.54) is 0 Å². The van der Waals surface area contributed by atoms with Gasteiger partial charge in [-0.3, -0.25) is 4.98 Å². The lowest BCUT2D eigenvalue weighted by Gasteiger charge is -2.28. The van der Waals surface area contributed by atoms with Crippen LogP contribution in [0.5, 0.6) is 0 Å². The highest BCUT2D eigenvalue weighted by Crippen LogP contribution is 2.11. The van der Waals surface area contributed by atoms with E-state index < -0.39 is 8.72 Å². The summed E-state index contributed by atoms with van der Waals surface area (Å²) in [6, 6.07) is 1.02. The van der Waals surface area contributed by atoms with Gasteiger partial charge in [0.25, 0.3) is 0 Å². The molecule has 12 heavy (non-hydrogen) atoms. The van der Waals surface area contributed by atoms with Crippen molar-refractivity contribution in [2.24, 2.45) is 0 Å². The molecule has 0 rings (SSSR count). The van der Waals surface area contributed by atoms with Crippen molar-refractivity contribution < 1.29 is 8.85 Å². The first-order valence-electron chi connectivity index (χ1n) is 4.71. The second-order valence-corrected chi connectivity index (χ2v) is 5.70. The molecule has 0 aliphatic heterocycles. The van der Waals surface area contributed by atoms with Crippen molar-refractivity contribution in [2.45, 2.75) is 33.2 Å². The highest BCUT2D eigenvalue weighted by atomic mass is 28.4. The smallest absolute Gasteiger partial charge is 0.383 e. The van der Waals surface area contributed by atoms with Gasteiger partial charge in [-0.05, 0) is 20.9 Å². The van der Waals surface area contributed by atoms with Crippen LogP contribution < -0.4 is 4.98 Å². The Morgan fingerprint density at radius 1 is 1.08 bits per heavy atom. The molecule has 1 N–H and O–H groups in total. The first-order valence-corrected chi connectivity index (χ1v) is 6.73. The number of rotatable bonds is 7. The van der Waals surface area contributed by atoms with Crippen molar-refractivity contribution in [3.63, 3.8) is 0 Å². The summed E-state index contributed by atoms with van der Waals surface area (Å²) in [7, 11) is -0.0957. The van der Waals surface area contributed by atoms with Gasteiger partial charge in [-0.25, -0.2) is 0 Å². The Morgan fingerprint density at radius 2 is 1.58 bits per heavy atom. The topological polar surface area (TPSA) is 30.5 Å². The monoisotopic (exact) mass is 191 g/mol. The van der Waals surface area contributed by atoms with E-state index >= 15 is 0 Å². The van der Waals surface area contributed by atoms with Crippen molar-refractivity contribution in [2.75, 3.05) is 20.3 Å². The highest BCUT2D eigenvalue weighted by molar-refractivity contribution is 6.64. The maximum absolute atomic E-state index is 5.67. The largest absolute Gasteiger partial charge is 0.424 e. The minimum Gasteiger partial charge on any atom is -0.383 e. The van der Waals surface area contributed by atoms with Crippen LogP contribution in [0.2, 0.25) is 6.04 Å². The van der Waals surface area contributed by atoms with E-state index in [0.717, 1.165) is 25.7 Å². The quantitative estimate of drug-likeness (QED) is 0.620. The molecule has 0 atom stereocenters. The minimum absolute atomic E-state index is 0.729. The Hall–Kier alpha value is 0.0969. The zero-order valence-electron chi connectivity index (χ0n) is 8.64. The van der Waals surface area contributed by atoms with Gasteiger partial charge in [0.15, 0.2) is 0 Å². The second kappa shape index (κ2) is 6.60. The Labute approximate surface area is 76.8 Å². The van der Waals surface area contributed by atoms with Crippen LogP contribution >= 0.6 is 0 Å². The van der Waals surface area contributed by atoms with Crippen LogP contribution in [0.3, 0.4) is 0 Å². The summed E-state index contributed by atoms with van der Waals surface area (Å²) in [4.78, 5) is 3.21. The molecule has 0 saturated heterocycles. The van der Waals surface area contributed by atoms with Crippen LogP contribution in [0.25, 0.3) is 0 Å². The predicted molar refractivity (Wildman–Crippen MR) is 53.2 cm³/mol. The molecular weight excluding hydrogens is 170 g/mol. The molecule has 0 aromatic heterocycles. The molecule has 0 heterocycles. The Balaban J connectivity index is 4.06. The van der Waals surface area contributed by atoms with Gasteiger partial charge in [0, 0.05) is 19.3 Å². The molecule has 0 aliphatic carbocycles. The fourth-order valence-corrected chi connectivity index (χ4v) is 3.75. The average molecular weight is 191 g/mol.